The standard InChI is InChI=1S/C14H16O5/c1-3-19-11-5-4-10(6-9(11)2)12(15)14(13(16)17)7-18-8-14/h4-6H,3,7-8H2,1-2H3,(H,16,17). The second-order valence-electron chi connectivity index (χ2n) is 4.62. The van der Waals surface area contributed by atoms with Crippen molar-refractivity contribution in [3.8, 4) is 5.75 Å². The van der Waals surface area contributed by atoms with Crippen LogP contribution in [0.3, 0.4) is 0 Å². The minimum Gasteiger partial charge on any atom is -0.494 e. The van der Waals surface area contributed by atoms with Crippen molar-refractivity contribution in [1.82, 2.24) is 0 Å². The molecule has 102 valence electrons. The summed E-state index contributed by atoms with van der Waals surface area (Å²) in [6.07, 6.45) is 0. The first-order valence-corrected chi connectivity index (χ1v) is 6.10. The lowest BCUT2D eigenvalue weighted by Gasteiger charge is -2.35. The normalized spacial score (nSPS) is 16.5. The SMILES string of the molecule is CCOc1ccc(C(=O)C2(C(=O)O)COC2)cc1C. The fraction of sp³-hybridized carbons (Fsp3) is 0.429. The van der Waals surface area contributed by atoms with Crippen LogP contribution in [-0.2, 0) is 9.53 Å². The Labute approximate surface area is 111 Å². The van der Waals surface area contributed by atoms with Crippen LogP contribution in [0.15, 0.2) is 18.2 Å². The highest BCUT2D eigenvalue weighted by Crippen LogP contribution is 2.33. The first-order chi connectivity index (χ1) is 9.01. The Bertz CT molecular complexity index is 517. The maximum atomic E-state index is 12.3. The molecule has 0 spiro atoms. The summed E-state index contributed by atoms with van der Waals surface area (Å²) in [7, 11) is 0. The molecule has 0 aromatic heterocycles. The zero-order valence-corrected chi connectivity index (χ0v) is 10.9. The van der Waals surface area contributed by atoms with Gasteiger partial charge in [-0.05, 0) is 37.6 Å². The van der Waals surface area contributed by atoms with Crippen molar-refractivity contribution in [2.24, 2.45) is 5.41 Å². The number of hydrogen-bond donors (Lipinski definition) is 1. The number of ketones is 1. The predicted octanol–water partition coefficient (Wildman–Crippen LogP) is 1.68. The zero-order valence-electron chi connectivity index (χ0n) is 10.9. The van der Waals surface area contributed by atoms with Crippen LogP contribution in [0.25, 0.3) is 0 Å². The molecule has 0 unspecified atom stereocenters. The summed E-state index contributed by atoms with van der Waals surface area (Å²) in [6, 6.07) is 4.96. The second-order valence-corrected chi connectivity index (χ2v) is 4.62. The summed E-state index contributed by atoms with van der Waals surface area (Å²) in [6.45, 7) is 4.12. The summed E-state index contributed by atoms with van der Waals surface area (Å²) in [5.41, 5.74) is -0.223. The van der Waals surface area contributed by atoms with Gasteiger partial charge in [0, 0.05) is 5.56 Å². The Hall–Kier alpha value is -1.88. The second kappa shape index (κ2) is 5.01. The van der Waals surface area contributed by atoms with Gasteiger partial charge in [-0.25, -0.2) is 0 Å². The third-order valence-corrected chi connectivity index (χ3v) is 3.28. The van der Waals surface area contributed by atoms with Gasteiger partial charge in [0.2, 0.25) is 0 Å². The average molecular weight is 264 g/mol. The molecule has 1 aromatic rings. The van der Waals surface area contributed by atoms with Crippen LogP contribution in [0.4, 0.5) is 0 Å². The van der Waals surface area contributed by atoms with Crippen LogP contribution in [0, 0.1) is 12.3 Å². The molecule has 5 heteroatoms. The van der Waals surface area contributed by atoms with Gasteiger partial charge in [-0.1, -0.05) is 0 Å². The molecule has 1 aliphatic rings. The molecule has 1 aromatic carbocycles. The van der Waals surface area contributed by atoms with E-state index >= 15 is 0 Å². The molecule has 1 aliphatic heterocycles. The quantitative estimate of drug-likeness (QED) is 0.647. The highest BCUT2D eigenvalue weighted by atomic mass is 16.5. The van der Waals surface area contributed by atoms with Crippen molar-refractivity contribution in [3.05, 3.63) is 29.3 Å². The first kappa shape index (κ1) is 13.5. The van der Waals surface area contributed by atoms with E-state index in [4.69, 9.17) is 9.47 Å². The van der Waals surface area contributed by atoms with Crippen molar-refractivity contribution in [2.45, 2.75) is 13.8 Å². The van der Waals surface area contributed by atoms with E-state index in [1.807, 2.05) is 13.8 Å². The number of rotatable bonds is 5. The maximum Gasteiger partial charge on any atom is 0.322 e. The monoisotopic (exact) mass is 264 g/mol. The molecule has 1 heterocycles. The van der Waals surface area contributed by atoms with Gasteiger partial charge in [0.05, 0.1) is 19.8 Å². The molecule has 0 radical (unpaired) electrons. The summed E-state index contributed by atoms with van der Waals surface area (Å²) in [5.74, 6) is -0.832. The Balaban J connectivity index is 2.29. The van der Waals surface area contributed by atoms with Crippen molar-refractivity contribution in [3.63, 3.8) is 0 Å². The lowest BCUT2D eigenvalue weighted by molar-refractivity contribution is -0.168. The van der Waals surface area contributed by atoms with E-state index < -0.39 is 17.2 Å². The van der Waals surface area contributed by atoms with E-state index in [2.05, 4.69) is 0 Å². The average Bonchev–Trinajstić information content (AvgIpc) is 2.29. The van der Waals surface area contributed by atoms with Gasteiger partial charge in [0.15, 0.2) is 11.2 Å². The van der Waals surface area contributed by atoms with Crippen LogP contribution < -0.4 is 4.74 Å². The molecule has 0 bridgehead atoms. The smallest absolute Gasteiger partial charge is 0.322 e. The lowest BCUT2D eigenvalue weighted by atomic mass is 9.78. The molecule has 0 aliphatic carbocycles. The zero-order chi connectivity index (χ0) is 14.0. The van der Waals surface area contributed by atoms with Crippen LogP contribution in [0.1, 0.15) is 22.8 Å². The molecule has 2 rings (SSSR count). The van der Waals surface area contributed by atoms with E-state index in [0.29, 0.717) is 17.9 Å². The van der Waals surface area contributed by atoms with Crippen LogP contribution in [-0.4, -0.2) is 36.7 Å². The third-order valence-electron chi connectivity index (χ3n) is 3.28. The molecule has 0 atom stereocenters. The number of hydrogen-bond acceptors (Lipinski definition) is 4. The van der Waals surface area contributed by atoms with Gasteiger partial charge < -0.3 is 14.6 Å². The number of carbonyl (C=O) groups excluding carboxylic acids is 1. The number of benzene rings is 1. The number of carbonyl (C=O) groups is 2. The Morgan fingerprint density at radius 1 is 1.42 bits per heavy atom. The molecule has 1 N–H and O–H groups in total. The molecule has 1 fully saturated rings. The molecule has 5 nitrogen and oxygen atoms in total. The Morgan fingerprint density at radius 3 is 2.53 bits per heavy atom. The van der Waals surface area contributed by atoms with E-state index in [1.54, 1.807) is 18.2 Å². The van der Waals surface area contributed by atoms with E-state index in [-0.39, 0.29) is 13.2 Å². The Kier molecular flexibility index (Phi) is 3.57. The summed E-state index contributed by atoms with van der Waals surface area (Å²) < 4.78 is 10.3. The minimum absolute atomic E-state index is 0.0621. The van der Waals surface area contributed by atoms with E-state index in [0.717, 1.165) is 5.56 Å². The summed E-state index contributed by atoms with van der Waals surface area (Å²) >= 11 is 0. The fourth-order valence-corrected chi connectivity index (χ4v) is 2.04. The first-order valence-electron chi connectivity index (χ1n) is 6.10. The highest BCUT2D eigenvalue weighted by Gasteiger charge is 2.53. The number of Topliss-reactive ketones (excluding diaryl/α,β-unsaturated/α-hetero) is 1. The van der Waals surface area contributed by atoms with Gasteiger partial charge in [-0.15, -0.1) is 0 Å². The van der Waals surface area contributed by atoms with Gasteiger partial charge in [0.25, 0.3) is 0 Å². The van der Waals surface area contributed by atoms with Crippen molar-refractivity contribution in [1.29, 1.82) is 0 Å². The highest BCUT2D eigenvalue weighted by molar-refractivity contribution is 6.13. The van der Waals surface area contributed by atoms with Crippen molar-refractivity contribution < 1.29 is 24.2 Å². The number of ether oxygens (including phenoxy) is 2. The fourth-order valence-electron chi connectivity index (χ4n) is 2.04. The largest absolute Gasteiger partial charge is 0.494 e. The molecule has 1 saturated heterocycles. The van der Waals surface area contributed by atoms with Crippen LogP contribution in [0.2, 0.25) is 0 Å². The molecule has 0 saturated carbocycles. The Morgan fingerprint density at radius 2 is 2.11 bits per heavy atom. The number of carboxylic acid groups (broad SMARTS) is 1. The van der Waals surface area contributed by atoms with Gasteiger partial charge in [-0.2, -0.15) is 0 Å². The maximum absolute atomic E-state index is 12.3. The predicted molar refractivity (Wildman–Crippen MR) is 67.6 cm³/mol. The van der Waals surface area contributed by atoms with Gasteiger partial charge in [0.1, 0.15) is 5.75 Å². The topological polar surface area (TPSA) is 72.8 Å². The number of carboxylic acids is 1. The van der Waals surface area contributed by atoms with E-state index in [1.165, 1.54) is 0 Å². The number of aryl methyl sites for hydroxylation is 1. The lowest BCUT2D eigenvalue weighted by Crippen LogP contribution is -2.54. The van der Waals surface area contributed by atoms with Crippen molar-refractivity contribution >= 4 is 11.8 Å². The van der Waals surface area contributed by atoms with Gasteiger partial charge in [-0.3, -0.25) is 9.59 Å². The molecular weight excluding hydrogens is 248 g/mol. The summed E-state index contributed by atoms with van der Waals surface area (Å²) in [5, 5.41) is 9.20. The number of aliphatic carboxylic acids is 1. The molecule has 19 heavy (non-hydrogen) atoms. The molecule has 0 amide bonds. The van der Waals surface area contributed by atoms with E-state index in [9.17, 15) is 14.7 Å². The third kappa shape index (κ3) is 2.21. The minimum atomic E-state index is -1.42. The molecular formula is C14H16O5. The van der Waals surface area contributed by atoms with Gasteiger partial charge >= 0.3 is 5.97 Å². The van der Waals surface area contributed by atoms with Crippen molar-refractivity contribution in [2.75, 3.05) is 19.8 Å². The van der Waals surface area contributed by atoms with Crippen LogP contribution in [0.5, 0.6) is 5.75 Å². The van der Waals surface area contributed by atoms with Crippen LogP contribution >= 0.6 is 0 Å². The summed E-state index contributed by atoms with van der Waals surface area (Å²) in [4.78, 5) is 23.6.